The first-order valence-electron chi connectivity index (χ1n) is 5.82. The molecule has 98 valence electrons. The van der Waals surface area contributed by atoms with Gasteiger partial charge in [-0.05, 0) is 17.7 Å². The third kappa shape index (κ3) is 2.06. The highest BCUT2D eigenvalue weighted by Gasteiger charge is 2.20. The van der Waals surface area contributed by atoms with Gasteiger partial charge in [-0.1, -0.05) is 17.8 Å². The number of hydrogen-bond acceptors (Lipinski definition) is 6. The molecule has 1 aromatic carbocycles. The van der Waals surface area contributed by atoms with Crippen LogP contribution in [0.3, 0.4) is 0 Å². The number of nitrogens with zero attached hydrogens (tertiary/aromatic N) is 3. The van der Waals surface area contributed by atoms with E-state index in [0.717, 1.165) is 15.6 Å². The van der Waals surface area contributed by atoms with Crippen LogP contribution in [0, 0.1) is 16.7 Å². The number of aromatic nitrogens is 2. The van der Waals surface area contributed by atoms with Crippen molar-refractivity contribution in [3.05, 3.63) is 36.2 Å². The third-order valence-corrected chi connectivity index (χ3v) is 3.97. The molecule has 0 saturated heterocycles. The van der Waals surface area contributed by atoms with E-state index in [0.29, 0.717) is 11.4 Å². The van der Waals surface area contributed by atoms with E-state index in [-0.39, 0.29) is 5.84 Å². The lowest BCUT2D eigenvalue weighted by atomic mass is 9.99. The Morgan fingerprint density at radius 2 is 2.20 bits per heavy atom. The summed E-state index contributed by atoms with van der Waals surface area (Å²) in [6.45, 7) is 0. The molecule has 0 fully saturated rings. The van der Waals surface area contributed by atoms with E-state index >= 15 is 0 Å². The van der Waals surface area contributed by atoms with Crippen molar-refractivity contribution in [3.63, 3.8) is 0 Å². The minimum Gasteiger partial charge on any atom is -0.386 e. The second kappa shape index (κ2) is 4.83. The second-order valence-electron chi connectivity index (χ2n) is 4.21. The molecule has 6 nitrogen and oxygen atoms in total. The number of hydrogen-bond donors (Lipinski definition) is 3. The monoisotopic (exact) mass is 282 g/mol. The van der Waals surface area contributed by atoms with Gasteiger partial charge in [-0.25, -0.2) is 9.97 Å². The molecule has 7 heteroatoms. The molecule has 0 radical (unpaired) electrons. The summed E-state index contributed by atoms with van der Waals surface area (Å²) in [5.41, 5.74) is 6.99. The summed E-state index contributed by atoms with van der Waals surface area (Å²) < 4.78 is 0. The number of nitrogens with one attached hydrogen (secondary N) is 2. The molecule has 3 rings (SSSR count). The van der Waals surface area contributed by atoms with Crippen LogP contribution >= 0.6 is 11.8 Å². The highest BCUT2D eigenvalue weighted by molar-refractivity contribution is 7.99. The van der Waals surface area contributed by atoms with E-state index < -0.39 is 5.92 Å². The molecule has 20 heavy (non-hydrogen) atoms. The Morgan fingerprint density at radius 1 is 1.40 bits per heavy atom. The Bertz CT molecular complexity index is 736. The largest absolute Gasteiger partial charge is 0.386 e. The Labute approximate surface area is 119 Å². The van der Waals surface area contributed by atoms with E-state index in [2.05, 4.69) is 15.3 Å². The third-order valence-electron chi connectivity index (χ3n) is 2.90. The summed E-state index contributed by atoms with van der Waals surface area (Å²) in [6.07, 6.45) is 3.27. The fraction of sp³-hybridized carbons (Fsp3) is 0.0769. The number of nitriles is 1. The average molecular weight is 282 g/mol. The van der Waals surface area contributed by atoms with Crippen molar-refractivity contribution in [2.24, 2.45) is 5.73 Å². The molecule has 2 heterocycles. The van der Waals surface area contributed by atoms with Gasteiger partial charge in [0.2, 0.25) is 0 Å². The molecule has 0 amide bonds. The van der Waals surface area contributed by atoms with Crippen molar-refractivity contribution in [2.45, 2.75) is 15.8 Å². The van der Waals surface area contributed by atoms with Crippen LogP contribution in [-0.4, -0.2) is 15.8 Å². The number of rotatable bonds is 2. The second-order valence-corrected chi connectivity index (χ2v) is 5.24. The summed E-state index contributed by atoms with van der Waals surface area (Å²) in [6, 6.07) is 7.57. The molecule has 1 aliphatic rings. The maximum absolute atomic E-state index is 9.09. The molecule has 0 aliphatic carbocycles. The zero-order valence-electron chi connectivity index (χ0n) is 10.3. The average Bonchev–Trinajstić information content (AvgIpc) is 2.45. The minimum absolute atomic E-state index is 0.156. The summed E-state index contributed by atoms with van der Waals surface area (Å²) in [7, 11) is 0. The Morgan fingerprint density at radius 3 is 2.95 bits per heavy atom. The zero-order valence-corrected chi connectivity index (χ0v) is 11.1. The van der Waals surface area contributed by atoms with Gasteiger partial charge in [-0.3, -0.25) is 5.41 Å². The summed E-state index contributed by atoms with van der Waals surface area (Å²) >= 11 is 1.51. The number of fused-ring (bicyclic) bond motifs is 2. The van der Waals surface area contributed by atoms with Gasteiger partial charge in [0.05, 0.1) is 11.8 Å². The van der Waals surface area contributed by atoms with Crippen LogP contribution in [0.1, 0.15) is 11.5 Å². The summed E-state index contributed by atoms with van der Waals surface area (Å²) in [5.74, 6) is -0.190. The Hall–Kier alpha value is -2.59. The molecule has 0 saturated carbocycles. The molecule has 4 N–H and O–H groups in total. The lowest BCUT2D eigenvalue weighted by Crippen LogP contribution is -2.19. The van der Waals surface area contributed by atoms with Crippen LogP contribution in [0.15, 0.2) is 40.5 Å². The zero-order chi connectivity index (χ0) is 14.1. The molecular formula is C13H10N6S. The lowest BCUT2D eigenvalue weighted by Gasteiger charge is -2.20. The molecular weight excluding hydrogens is 272 g/mol. The van der Waals surface area contributed by atoms with Gasteiger partial charge in [0.25, 0.3) is 0 Å². The van der Waals surface area contributed by atoms with Crippen molar-refractivity contribution in [3.8, 4) is 6.07 Å². The van der Waals surface area contributed by atoms with Gasteiger partial charge in [0.1, 0.15) is 16.8 Å². The van der Waals surface area contributed by atoms with E-state index in [1.54, 1.807) is 12.4 Å². The fourth-order valence-electron chi connectivity index (χ4n) is 1.95. The van der Waals surface area contributed by atoms with Crippen molar-refractivity contribution >= 4 is 29.1 Å². The lowest BCUT2D eigenvalue weighted by molar-refractivity contribution is 1.04. The molecule has 0 bridgehead atoms. The summed E-state index contributed by atoms with van der Waals surface area (Å²) in [4.78, 5) is 9.47. The molecule has 1 unspecified atom stereocenters. The minimum atomic E-state index is -0.727. The van der Waals surface area contributed by atoms with Crippen molar-refractivity contribution < 1.29 is 0 Å². The standard InChI is InChI=1S/C13H10N6S/c14-6-8(11(15)16)7-1-2-10-9(5-7)19-12-13(20-10)18-4-3-17-12/h1-5,8H,(H3,15,16)(H,17,19). The van der Waals surface area contributed by atoms with Crippen LogP contribution < -0.4 is 11.1 Å². The molecule has 1 atom stereocenters. The number of amidine groups is 1. The van der Waals surface area contributed by atoms with Crippen molar-refractivity contribution in [1.29, 1.82) is 10.7 Å². The SMILES string of the molecule is N#CC(C(=N)N)c1ccc2c(c1)Nc1nccnc1S2. The van der Waals surface area contributed by atoms with Gasteiger partial charge >= 0.3 is 0 Å². The van der Waals surface area contributed by atoms with Gasteiger partial charge < -0.3 is 11.1 Å². The summed E-state index contributed by atoms with van der Waals surface area (Å²) in [5, 5.41) is 20.5. The van der Waals surface area contributed by atoms with Crippen LogP contribution in [0.5, 0.6) is 0 Å². The highest BCUT2D eigenvalue weighted by Crippen LogP contribution is 2.42. The van der Waals surface area contributed by atoms with Crippen LogP contribution in [0.25, 0.3) is 0 Å². The van der Waals surface area contributed by atoms with Crippen LogP contribution in [-0.2, 0) is 0 Å². The van der Waals surface area contributed by atoms with E-state index in [1.165, 1.54) is 11.8 Å². The number of anilines is 2. The van der Waals surface area contributed by atoms with Gasteiger partial charge in [0.15, 0.2) is 5.82 Å². The number of benzene rings is 1. The maximum atomic E-state index is 9.09. The Balaban J connectivity index is 2.00. The topological polar surface area (TPSA) is 111 Å². The van der Waals surface area contributed by atoms with Crippen molar-refractivity contribution in [1.82, 2.24) is 9.97 Å². The van der Waals surface area contributed by atoms with Crippen LogP contribution in [0.2, 0.25) is 0 Å². The predicted molar refractivity (Wildman–Crippen MR) is 76.1 cm³/mol. The smallest absolute Gasteiger partial charge is 0.163 e. The fourth-order valence-corrected chi connectivity index (χ4v) is 2.83. The van der Waals surface area contributed by atoms with Crippen LogP contribution in [0.4, 0.5) is 11.5 Å². The first-order chi connectivity index (χ1) is 9.69. The number of nitrogens with two attached hydrogens (primary N) is 1. The van der Waals surface area contributed by atoms with E-state index in [1.807, 2.05) is 24.3 Å². The van der Waals surface area contributed by atoms with E-state index in [9.17, 15) is 0 Å². The maximum Gasteiger partial charge on any atom is 0.163 e. The van der Waals surface area contributed by atoms with Gasteiger partial charge in [-0.15, -0.1) is 0 Å². The molecule has 0 spiro atoms. The van der Waals surface area contributed by atoms with Gasteiger partial charge in [0, 0.05) is 17.3 Å². The van der Waals surface area contributed by atoms with Crippen molar-refractivity contribution in [2.75, 3.05) is 5.32 Å². The van der Waals surface area contributed by atoms with E-state index in [4.69, 9.17) is 16.4 Å². The first kappa shape index (κ1) is 12.4. The molecule has 1 aliphatic heterocycles. The normalized spacial score (nSPS) is 13.3. The molecule has 1 aromatic heterocycles. The first-order valence-corrected chi connectivity index (χ1v) is 6.64. The highest BCUT2D eigenvalue weighted by atomic mass is 32.2. The predicted octanol–water partition coefficient (Wildman–Crippen LogP) is 2.23. The quantitative estimate of drug-likeness (QED) is 0.491. The Kier molecular flexibility index (Phi) is 3.00. The molecule has 2 aromatic rings. The van der Waals surface area contributed by atoms with Gasteiger partial charge in [-0.2, -0.15) is 5.26 Å².